The van der Waals surface area contributed by atoms with Crippen molar-refractivity contribution in [1.29, 1.82) is 0 Å². The normalized spacial score (nSPS) is 15.3. The third-order valence-corrected chi connectivity index (χ3v) is 3.42. The predicted octanol–water partition coefficient (Wildman–Crippen LogP) is 1.61. The molecule has 148 valence electrons. The number of halogens is 4. The Hall–Kier alpha value is -2.73. The molecule has 0 amide bonds. The molecule has 3 rings (SSSR count). The first-order valence-corrected chi connectivity index (χ1v) is 7.47. The number of nitrogens with one attached hydrogen (secondary N) is 1. The summed E-state index contributed by atoms with van der Waals surface area (Å²) in [6.45, 7) is 0.737. The summed E-state index contributed by atoms with van der Waals surface area (Å²) >= 11 is 0. The van der Waals surface area contributed by atoms with Crippen LogP contribution in [-0.4, -0.2) is 57.9 Å². The predicted molar refractivity (Wildman–Crippen MR) is 81.5 cm³/mol. The van der Waals surface area contributed by atoms with Crippen molar-refractivity contribution in [3.63, 3.8) is 0 Å². The summed E-state index contributed by atoms with van der Waals surface area (Å²) in [4.78, 5) is 13.1. The van der Waals surface area contributed by atoms with Gasteiger partial charge in [-0.15, -0.1) is 0 Å². The van der Waals surface area contributed by atoms with E-state index in [1.54, 1.807) is 12.1 Å². The van der Waals surface area contributed by atoms with Crippen molar-refractivity contribution in [2.45, 2.75) is 18.1 Å². The van der Waals surface area contributed by atoms with Crippen LogP contribution in [0.3, 0.4) is 0 Å². The molecule has 1 fully saturated rings. The van der Waals surface area contributed by atoms with Crippen molar-refractivity contribution in [3.05, 3.63) is 41.5 Å². The van der Waals surface area contributed by atoms with Gasteiger partial charge in [-0.3, -0.25) is 0 Å². The van der Waals surface area contributed by atoms with E-state index in [-0.39, 0.29) is 18.4 Å². The Labute approximate surface area is 149 Å². The van der Waals surface area contributed by atoms with E-state index in [9.17, 15) is 22.7 Å². The number of anilines is 1. The van der Waals surface area contributed by atoms with E-state index in [4.69, 9.17) is 19.2 Å². The van der Waals surface area contributed by atoms with E-state index in [1.165, 1.54) is 12.1 Å². The number of benzene rings is 1. The number of hydrogen-bond donors (Lipinski definition) is 3. The molecule has 0 spiro atoms. The topological polar surface area (TPSA) is 118 Å². The lowest BCUT2D eigenvalue weighted by Gasteiger charge is -2.39. The third-order valence-electron chi connectivity index (χ3n) is 3.42. The third kappa shape index (κ3) is 5.89. The standard InChI is InChI=1S/C13H14FN3O3.C2HF3O2/c14-10-3-1-9(2-4-10)5-11-15-12(20-17-11)16-13(6-18)7-19-8-13;3-2(4,5)1(6)7/h1-4,18H,5-8H2,(H,15,16,17);(H,6,7). The second kappa shape index (κ2) is 8.31. The average Bonchev–Trinajstić information content (AvgIpc) is 3.00. The lowest BCUT2D eigenvalue weighted by Crippen LogP contribution is -2.58. The summed E-state index contributed by atoms with van der Waals surface area (Å²) < 4.78 is 54.7. The van der Waals surface area contributed by atoms with E-state index in [1.807, 2.05) is 0 Å². The largest absolute Gasteiger partial charge is 0.490 e. The first kappa shape index (κ1) is 20.6. The Morgan fingerprint density at radius 1 is 1.26 bits per heavy atom. The molecule has 0 saturated carbocycles. The van der Waals surface area contributed by atoms with Crippen LogP contribution in [0.25, 0.3) is 0 Å². The van der Waals surface area contributed by atoms with Crippen LogP contribution < -0.4 is 5.32 Å². The molecule has 1 saturated heterocycles. The Morgan fingerprint density at radius 2 is 1.85 bits per heavy atom. The van der Waals surface area contributed by atoms with E-state index in [0.717, 1.165) is 5.56 Å². The fourth-order valence-corrected chi connectivity index (χ4v) is 1.94. The highest BCUT2D eigenvalue weighted by atomic mass is 19.4. The molecule has 0 bridgehead atoms. The fourth-order valence-electron chi connectivity index (χ4n) is 1.94. The maximum Gasteiger partial charge on any atom is 0.490 e. The number of aromatic nitrogens is 2. The average molecular weight is 393 g/mol. The second-order valence-electron chi connectivity index (χ2n) is 5.68. The van der Waals surface area contributed by atoms with Gasteiger partial charge in [-0.1, -0.05) is 17.3 Å². The van der Waals surface area contributed by atoms with Crippen LogP contribution in [0.5, 0.6) is 0 Å². The van der Waals surface area contributed by atoms with E-state index < -0.39 is 17.7 Å². The SMILES string of the molecule is O=C(O)C(F)(F)F.OCC1(Nc2nc(Cc3ccc(F)cc3)no2)COC1. The van der Waals surface area contributed by atoms with Gasteiger partial charge >= 0.3 is 18.2 Å². The van der Waals surface area contributed by atoms with Gasteiger partial charge in [-0.25, -0.2) is 9.18 Å². The van der Waals surface area contributed by atoms with Crippen molar-refractivity contribution in [1.82, 2.24) is 10.1 Å². The van der Waals surface area contributed by atoms with Crippen molar-refractivity contribution in [2.75, 3.05) is 25.1 Å². The summed E-state index contributed by atoms with van der Waals surface area (Å²) in [5, 5.41) is 23.3. The number of aliphatic hydroxyl groups excluding tert-OH is 1. The summed E-state index contributed by atoms with van der Waals surface area (Å²) in [6.07, 6.45) is -4.63. The van der Waals surface area contributed by atoms with Crippen LogP contribution in [0.4, 0.5) is 23.6 Å². The van der Waals surface area contributed by atoms with E-state index in [0.29, 0.717) is 25.5 Å². The second-order valence-corrected chi connectivity index (χ2v) is 5.68. The van der Waals surface area contributed by atoms with Crippen LogP contribution in [0.2, 0.25) is 0 Å². The van der Waals surface area contributed by atoms with E-state index >= 15 is 0 Å². The number of aliphatic hydroxyl groups is 1. The molecule has 1 aliphatic rings. The zero-order chi connectivity index (χ0) is 20.1. The first-order valence-electron chi connectivity index (χ1n) is 7.47. The highest BCUT2D eigenvalue weighted by molar-refractivity contribution is 5.73. The van der Waals surface area contributed by atoms with Gasteiger partial charge in [0.25, 0.3) is 0 Å². The number of carboxylic acids is 1. The molecule has 0 radical (unpaired) electrons. The molecule has 27 heavy (non-hydrogen) atoms. The Bertz CT molecular complexity index is 754. The number of hydrogen-bond acceptors (Lipinski definition) is 7. The summed E-state index contributed by atoms with van der Waals surface area (Å²) in [5.41, 5.74) is 0.363. The molecule has 0 atom stereocenters. The minimum atomic E-state index is -5.08. The zero-order valence-corrected chi connectivity index (χ0v) is 13.7. The fraction of sp³-hybridized carbons (Fsp3) is 0.400. The maximum absolute atomic E-state index is 12.8. The van der Waals surface area contributed by atoms with Gasteiger partial charge in [-0.2, -0.15) is 18.2 Å². The molecule has 2 heterocycles. The first-order chi connectivity index (χ1) is 12.6. The van der Waals surface area contributed by atoms with Crippen molar-refractivity contribution in [3.8, 4) is 0 Å². The molecule has 3 N–H and O–H groups in total. The van der Waals surface area contributed by atoms with Crippen molar-refractivity contribution < 1.29 is 41.8 Å². The van der Waals surface area contributed by atoms with E-state index in [2.05, 4.69) is 15.5 Å². The van der Waals surface area contributed by atoms with Crippen LogP contribution in [0, 0.1) is 5.82 Å². The van der Waals surface area contributed by atoms with Crippen molar-refractivity contribution >= 4 is 12.0 Å². The molecular formula is C15H15F4N3O5. The Kier molecular flexibility index (Phi) is 6.33. The van der Waals surface area contributed by atoms with Gasteiger partial charge in [0.05, 0.1) is 19.8 Å². The van der Waals surface area contributed by atoms with Crippen LogP contribution >= 0.6 is 0 Å². The molecule has 0 unspecified atom stereocenters. The Morgan fingerprint density at radius 3 is 2.30 bits per heavy atom. The number of carbonyl (C=O) groups is 1. The number of aliphatic carboxylic acids is 1. The minimum absolute atomic E-state index is 0.0668. The van der Waals surface area contributed by atoms with Crippen LogP contribution in [-0.2, 0) is 16.0 Å². The molecule has 1 aromatic carbocycles. The number of ether oxygens (including phenoxy) is 1. The molecule has 1 aromatic heterocycles. The molecule has 1 aliphatic heterocycles. The lowest BCUT2D eigenvalue weighted by molar-refractivity contribution is -0.192. The van der Waals surface area contributed by atoms with Crippen LogP contribution in [0.1, 0.15) is 11.4 Å². The quantitative estimate of drug-likeness (QED) is 0.656. The monoisotopic (exact) mass is 393 g/mol. The summed E-state index contributed by atoms with van der Waals surface area (Å²) in [7, 11) is 0. The van der Waals surface area contributed by atoms with Gasteiger partial charge in [-0.05, 0) is 17.7 Å². The van der Waals surface area contributed by atoms with Gasteiger partial charge in [0.1, 0.15) is 11.4 Å². The summed E-state index contributed by atoms with van der Waals surface area (Å²) in [5.74, 6) is -2.54. The smallest absolute Gasteiger partial charge is 0.475 e. The summed E-state index contributed by atoms with van der Waals surface area (Å²) in [6, 6.07) is 6.38. The van der Waals surface area contributed by atoms with Gasteiger partial charge in [0, 0.05) is 6.42 Å². The highest BCUT2D eigenvalue weighted by Gasteiger charge is 2.39. The van der Waals surface area contributed by atoms with Gasteiger partial charge in [0.2, 0.25) is 0 Å². The molecule has 12 heteroatoms. The number of alkyl halides is 3. The highest BCUT2D eigenvalue weighted by Crippen LogP contribution is 2.22. The molecule has 8 nitrogen and oxygen atoms in total. The number of nitrogens with zero attached hydrogens (tertiary/aromatic N) is 2. The van der Waals surface area contributed by atoms with Gasteiger partial charge < -0.3 is 24.8 Å². The minimum Gasteiger partial charge on any atom is -0.475 e. The molecule has 2 aromatic rings. The lowest BCUT2D eigenvalue weighted by atomic mass is 9.99. The van der Waals surface area contributed by atoms with Crippen molar-refractivity contribution in [2.24, 2.45) is 0 Å². The number of carboxylic acid groups (broad SMARTS) is 1. The van der Waals surface area contributed by atoms with Crippen LogP contribution in [0.15, 0.2) is 28.8 Å². The molecular weight excluding hydrogens is 378 g/mol. The zero-order valence-electron chi connectivity index (χ0n) is 13.7. The maximum atomic E-state index is 12.8. The number of rotatable bonds is 5. The van der Waals surface area contributed by atoms with Gasteiger partial charge in [0.15, 0.2) is 5.82 Å². The molecule has 0 aliphatic carbocycles. The Balaban J connectivity index is 0.000000321.